The van der Waals surface area contributed by atoms with Crippen molar-refractivity contribution in [1.82, 2.24) is 15.1 Å². The van der Waals surface area contributed by atoms with Crippen molar-refractivity contribution in [2.45, 2.75) is 12.8 Å². The molecule has 4 rings (SSSR count). The number of hydrogen-bond acceptors (Lipinski definition) is 6. The molecule has 0 unspecified atom stereocenters. The Balaban J connectivity index is 1.24. The van der Waals surface area contributed by atoms with Crippen LogP contribution >= 0.6 is 23.1 Å². The molecular formula is C23H22FN3O4S2. The Kier molecular flexibility index (Phi) is 7.24. The van der Waals surface area contributed by atoms with Gasteiger partial charge < -0.3 is 10.2 Å². The van der Waals surface area contributed by atoms with E-state index in [1.807, 2.05) is 11.4 Å². The molecule has 1 N–H and O–H groups in total. The predicted octanol–water partition coefficient (Wildman–Crippen LogP) is 3.59. The van der Waals surface area contributed by atoms with E-state index in [1.165, 1.54) is 29.5 Å². The van der Waals surface area contributed by atoms with Gasteiger partial charge in [0, 0.05) is 37.7 Å². The second kappa shape index (κ2) is 10.3. The zero-order valence-corrected chi connectivity index (χ0v) is 19.3. The van der Waals surface area contributed by atoms with Gasteiger partial charge in [-0.15, -0.1) is 11.3 Å². The minimum atomic E-state index is -0.497. The maximum atomic E-state index is 13.8. The smallest absolute Gasteiger partial charge is 0.293 e. The van der Waals surface area contributed by atoms with Gasteiger partial charge in [-0.3, -0.25) is 24.1 Å². The number of hydrogen-bond donors (Lipinski definition) is 1. The molecule has 0 spiro atoms. The summed E-state index contributed by atoms with van der Waals surface area (Å²) in [6.07, 6.45) is 2.50. The van der Waals surface area contributed by atoms with Crippen molar-refractivity contribution in [3.8, 4) is 0 Å². The van der Waals surface area contributed by atoms with Gasteiger partial charge in [-0.1, -0.05) is 24.3 Å². The third-order valence-corrected chi connectivity index (χ3v) is 7.35. The zero-order valence-electron chi connectivity index (χ0n) is 17.7. The number of rotatable bonds is 6. The van der Waals surface area contributed by atoms with Crippen LogP contribution in [0.4, 0.5) is 9.18 Å². The van der Waals surface area contributed by atoms with E-state index in [2.05, 4.69) is 5.32 Å². The van der Waals surface area contributed by atoms with Crippen LogP contribution in [-0.4, -0.2) is 58.9 Å². The molecule has 10 heteroatoms. The van der Waals surface area contributed by atoms with Crippen LogP contribution in [0.1, 0.15) is 28.1 Å². The van der Waals surface area contributed by atoms with Crippen LogP contribution in [0.15, 0.2) is 46.7 Å². The molecule has 0 aliphatic carbocycles. The van der Waals surface area contributed by atoms with E-state index in [1.54, 1.807) is 23.1 Å². The van der Waals surface area contributed by atoms with Gasteiger partial charge in [-0.05, 0) is 48.2 Å². The highest BCUT2D eigenvalue weighted by Crippen LogP contribution is 2.32. The number of halogens is 1. The molecule has 0 radical (unpaired) electrons. The Morgan fingerprint density at radius 2 is 1.88 bits per heavy atom. The van der Waals surface area contributed by atoms with Gasteiger partial charge >= 0.3 is 0 Å². The number of likely N-dealkylation sites (tertiary alicyclic amines) is 1. The average molecular weight is 488 g/mol. The molecule has 1 aromatic carbocycles. The van der Waals surface area contributed by atoms with Crippen molar-refractivity contribution in [2.75, 3.05) is 26.2 Å². The maximum absolute atomic E-state index is 13.8. The summed E-state index contributed by atoms with van der Waals surface area (Å²) in [5.74, 6) is -1.34. The number of nitrogens with zero attached hydrogens (tertiary/aromatic N) is 2. The maximum Gasteiger partial charge on any atom is 0.293 e. The summed E-state index contributed by atoms with van der Waals surface area (Å²) >= 11 is 2.16. The lowest BCUT2D eigenvalue weighted by Crippen LogP contribution is -2.44. The van der Waals surface area contributed by atoms with E-state index in [4.69, 9.17) is 0 Å². The molecule has 0 bridgehead atoms. The normalized spacial score (nSPS) is 18.3. The number of piperidine rings is 1. The summed E-state index contributed by atoms with van der Waals surface area (Å²) in [7, 11) is 0. The van der Waals surface area contributed by atoms with Gasteiger partial charge in [0.25, 0.3) is 17.1 Å². The van der Waals surface area contributed by atoms with E-state index in [0.29, 0.717) is 30.8 Å². The number of benzene rings is 1. The Morgan fingerprint density at radius 3 is 2.58 bits per heavy atom. The zero-order chi connectivity index (χ0) is 23.4. The summed E-state index contributed by atoms with van der Waals surface area (Å²) in [5.41, 5.74) is 0.236. The van der Waals surface area contributed by atoms with E-state index >= 15 is 0 Å². The first-order valence-electron chi connectivity index (χ1n) is 10.5. The molecule has 3 heterocycles. The molecule has 1 aromatic heterocycles. The first kappa shape index (κ1) is 23.2. The van der Waals surface area contributed by atoms with Gasteiger partial charge in [0.2, 0.25) is 5.91 Å². The lowest BCUT2D eigenvalue weighted by atomic mass is 9.96. The number of nitrogens with one attached hydrogen (secondary N) is 1. The Labute approximate surface area is 198 Å². The molecule has 2 aliphatic heterocycles. The topological polar surface area (TPSA) is 86.8 Å². The highest BCUT2D eigenvalue weighted by molar-refractivity contribution is 8.18. The molecule has 0 atom stereocenters. The minimum Gasteiger partial charge on any atom is -0.354 e. The third kappa shape index (κ3) is 5.33. The number of thiophene rings is 1. The van der Waals surface area contributed by atoms with Crippen molar-refractivity contribution < 1.29 is 23.6 Å². The fourth-order valence-corrected chi connectivity index (χ4v) is 5.31. The summed E-state index contributed by atoms with van der Waals surface area (Å²) in [6, 6.07) is 9.65. The molecule has 172 valence electrons. The van der Waals surface area contributed by atoms with Crippen LogP contribution in [0.5, 0.6) is 0 Å². The van der Waals surface area contributed by atoms with Crippen molar-refractivity contribution in [3.05, 3.63) is 62.9 Å². The highest BCUT2D eigenvalue weighted by Gasteiger charge is 2.35. The molecule has 4 amide bonds. The van der Waals surface area contributed by atoms with E-state index in [9.17, 15) is 23.6 Å². The van der Waals surface area contributed by atoms with E-state index < -0.39 is 17.0 Å². The average Bonchev–Trinajstić information content (AvgIpc) is 3.45. The van der Waals surface area contributed by atoms with Crippen molar-refractivity contribution in [3.63, 3.8) is 0 Å². The summed E-state index contributed by atoms with van der Waals surface area (Å²) in [4.78, 5) is 53.4. The quantitative estimate of drug-likeness (QED) is 0.630. The van der Waals surface area contributed by atoms with Gasteiger partial charge in [0.1, 0.15) is 5.82 Å². The molecule has 33 heavy (non-hydrogen) atoms. The van der Waals surface area contributed by atoms with Crippen molar-refractivity contribution in [1.29, 1.82) is 0 Å². The SMILES string of the molecule is O=C(NCCN1C(=O)S/C(=C\c2ccccc2F)C1=O)C1CCN(C(=O)c2cccs2)CC1. The van der Waals surface area contributed by atoms with Crippen LogP contribution in [0, 0.1) is 11.7 Å². The largest absolute Gasteiger partial charge is 0.354 e. The second-order valence-corrected chi connectivity index (χ2v) is 9.63. The molecule has 2 saturated heterocycles. The highest BCUT2D eigenvalue weighted by atomic mass is 32.2. The van der Waals surface area contributed by atoms with E-state index in [0.717, 1.165) is 16.7 Å². The molecule has 2 aromatic rings. The van der Waals surface area contributed by atoms with Crippen molar-refractivity contribution in [2.24, 2.45) is 5.92 Å². The standard InChI is InChI=1S/C23H22FN3O4S2/c24-17-5-2-1-4-16(17)14-19-22(30)27(23(31)33-19)12-9-25-20(28)15-7-10-26(11-8-15)21(29)18-6-3-13-32-18/h1-6,13-15H,7-12H2,(H,25,28)/b19-14-. The van der Waals surface area contributed by atoms with Crippen LogP contribution in [-0.2, 0) is 9.59 Å². The van der Waals surface area contributed by atoms with E-state index in [-0.39, 0.29) is 41.3 Å². The lowest BCUT2D eigenvalue weighted by molar-refractivity contribution is -0.127. The lowest BCUT2D eigenvalue weighted by Gasteiger charge is -2.31. The first-order valence-corrected chi connectivity index (χ1v) is 12.2. The van der Waals surface area contributed by atoms with Gasteiger partial charge in [0.15, 0.2) is 0 Å². The van der Waals surface area contributed by atoms with Crippen LogP contribution < -0.4 is 5.32 Å². The number of imide groups is 1. The van der Waals surface area contributed by atoms with Gasteiger partial charge in [-0.2, -0.15) is 0 Å². The minimum absolute atomic E-state index is 0.00772. The first-order chi connectivity index (χ1) is 15.9. The number of amides is 4. The Hall–Kier alpha value is -2.98. The second-order valence-electron chi connectivity index (χ2n) is 7.69. The molecule has 2 aliphatic rings. The number of carbonyl (C=O) groups is 4. The van der Waals surface area contributed by atoms with Crippen LogP contribution in [0.2, 0.25) is 0 Å². The summed E-state index contributed by atoms with van der Waals surface area (Å²) in [6.45, 7) is 1.20. The van der Waals surface area contributed by atoms with Crippen LogP contribution in [0.25, 0.3) is 6.08 Å². The van der Waals surface area contributed by atoms with Crippen molar-refractivity contribution >= 4 is 52.1 Å². The summed E-state index contributed by atoms with van der Waals surface area (Å²) < 4.78 is 13.8. The fraction of sp³-hybridized carbons (Fsp3) is 0.304. The monoisotopic (exact) mass is 487 g/mol. The Bertz CT molecular complexity index is 1090. The molecule has 7 nitrogen and oxygen atoms in total. The number of thioether (sulfide) groups is 1. The Morgan fingerprint density at radius 1 is 1.12 bits per heavy atom. The predicted molar refractivity (Wildman–Crippen MR) is 125 cm³/mol. The molecule has 0 saturated carbocycles. The van der Waals surface area contributed by atoms with Gasteiger partial charge in [-0.25, -0.2) is 4.39 Å². The summed E-state index contributed by atoms with van der Waals surface area (Å²) in [5, 5.41) is 4.21. The molecular weight excluding hydrogens is 465 g/mol. The molecule has 2 fully saturated rings. The number of carbonyl (C=O) groups excluding carboxylic acids is 4. The fourth-order valence-electron chi connectivity index (χ4n) is 3.76. The third-order valence-electron chi connectivity index (χ3n) is 5.58. The van der Waals surface area contributed by atoms with Crippen LogP contribution in [0.3, 0.4) is 0 Å². The van der Waals surface area contributed by atoms with Gasteiger partial charge in [0.05, 0.1) is 9.78 Å².